The van der Waals surface area contributed by atoms with Crippen molar-refractivity contribution in [1.82, 2.24) is 24.6 Å². The number of aromatic nitrogens is 4. The van der Waals surface area contributed by atoms with Gasteiger partial charge in [-0.25, -0.2) is 0 Å². The number of hydrogen-bond acceptors (Lipinski definition) is 4. The highest BCUT2D eigenvalue weighted by molar-refractivity contribution is 5.81. The maximum absolute atomic E-state index is 4.74. The fourth-order valence-corrected chi connectivity index (χ4v) is 4.40. The van der Waals surface area contributed by atoms with E-state index in [1.54, 1.807) is 0 Å². The van der Waals surface area contributed by atoms with Crippen LogP contribution in [0.2, 0.25) is 0 Å². The second-order valence-electron chi connectivity index (χ2n) is 7.85. The third-order valence-electron chi connectivity index (χ3n) is 5.90. The van der Waals surface area contributed by atoms with Gasteiger partial charge in [0.2, 0.25) is 0 Å². The lowest BCUT2D eigenvalue weighted by Crippen LogP contribution is -2.33. The minimum absolute atomic E-state index is 0.408. The van der Waals surface area contributed by atoms with Gasteiger partial charge in [-0.2, -0.15) is 5.10 Å². The Morgan fingerprint density at radius 3 is 2.76 bits per heavy atom. The molecule has 1 atom stereocenters. The zero-order chi connectivity index (χ0) is 19.6. The van der Waals surface area contributed by atoms with Crippen molar-refractivity contribution in [2.24, 2.45) is 7.05 Å². The Labute approximate surface area is 171 Å². The van der Waals surface area contributed by atoms with Crippen LogP contribution in [0.5, 0.6) is 0 Å². The van der Waals surface area contributed by atoms with Gasteiger partial charge >= 0.3 is 0 Å². The van der Waals surface area contributed by atoms with E-state index in [4.69, 9.17) is 4.98 Å². The first-order chi connectivity index (χ1) is 14.3. The number of piperidine rings is 1. The van der Waals surface area contributed by atoms with Gasteiger partial charge in [-0.1, -0.05) is 30.7 Å². The SMILES string of the molecule is Cn1cc(-c2ccc(C3CCCCN3Cc3ccnc4ccccc34)cn2)cn1. The van der Waals surface area contributed by atoms with Crippen LogP contribution in [0.1, 0.15) is 36.4 Å². The predicted octanol–water partition coefficient (Wildman–Crippen LogP) is 4.76. The number of benzene rings is 1. The minimum Gasteiger partial charge on any atom is -0.292 e. The lowest BCUT2D eigenvalue weighted by Gasteiger charge is -2.36. The monoisotopic (exact) mass is 383 g/mol. The molecule has 0 aliphatic carbocycles. The summed E-state index contributed by atoms with van der Waals surface area (Å²) in [6.45, 7) is 2.06. The minimum atomic E-state index is 0.408. The van der Waals surface area contributed by atoms with Gasteiger partial charge in [-0.3, -0.25) is 19.5 Å². The van der Waals surface area contributed by atoms with Crippen molar-refractivity contribution in [3.8, 4) is 11.3 Å². The largest absolute Gasteiger partial charge is 0.292 e. The van der Waals surface area contributed by atoms with Crippen LogP contribution >= 0.6 is 0 Å². The van der Waals surface area contributed by atoms with E-state index in [2.05, 4.69) is 63.6 Å². The maximum atomic E-state index is 4.74. The molecule has 1 aliphatic heterocycles. The topological polar surface area (TPSA) is 46.8 Å². The number of para-hydroxylation sites is 1. The maximum Gasteiger partial charge on any atom is 0.0733 e. The highest BCUT2D eigenvalue weighted by Gasteiger charge is 2.25. The van der Waals surface area contributed by atoms with Crippen LogP contribution in [0, 0.1) is 0 Å². The van der Waals surface area contributed by atoms with Crippen molar-refractivity contribution in [1.29, 1.82) is 0 Å². The summed E-state index contributed by atoms with van der Waals surface area (Å²) in [4.78, 5) is 11.9. The molecule has 4 aromatic rings. The Bertz CT molecular complexity index is 1110. The molecule has 1 fully saturated rings. The molecule has 5 heteroatoms. The quantitative estimate of drug-likeness (QED) is 0.510. The smallest absolute Gasteiger partial charge is 0.0733 e. The Hall–Kier alpha value is -3.05. The lowest BCUT2D eigenvalue weighted by molar-refractivity contribution is 0.141. The Balaban J connectivity index is 1.41. The number of likely N-dealkylation sites (tertiary alicyclic amines) is 1. The van der Waals surface area contributed by atoms with E-state index in [1.807, 2.05) is 30.3 Å². The van der Waals surface area contributed by atoms with Crippen LogP contribution in [-0.4, -0.2) is 31.2 Å². The summed E-state index contributed by atoms with van der Waals surface area (Å²) in [7, 11) is 1.93. The van der Waals surface area contributed by atoms with E-state index in [0.717, 1.165) is 29.9 Å². The molecular formula is C24H25N5. The number of aryl methyl sites for hydroxylation is 1. The molecule has 5 rings (SSSR count). The molecule has 0 bridgehead atoms. The Morgan fingerprint density at radius 1 is 1.00 bits per heavy atom. The highest BCUT2D eigenvalue weighted by Crippen LogP contribution is 2.33. The zero-order valence-electron chi connectivity index (χ0n) is 16.7. The molecule has 0 N–H and O–H groups in total. The van der Waals surface area contributed by atoms with E-state index in [0.29, 0.717) is 6.04 Å². The molecule has 0 saturated carbocycles. The standard InChI is InChI=1S/C24H25N5/c1-28-16-20(15-27-28)22-10-9-18(14-26-22)24-8-4-5-13-29(24)17-19-11-12-25-23-7-3-2-6-21(19)23/h2-3,6-7,9-12,14-16,24H,4-5,8,13,17H2,1H3. The van der Waals surface area contributed by atoms with Gasteiger partial charge < -0.3 is 0 Å². The summed E-state index contributed by atoms with van der Waals surface area (Å²) in [5.74, 6) is 0. The molecule has 0 amide bonds. The molecule has 29 heavy (non-hydrogen) atoms. The number of rotatable bonds is 4. The van der Waals surface area contributed by atoms with Gasteiger partial charge in [0.05, 0.1) is 17.4 Å². The first-order valence-electron chi connectivity index (χ1n) is 10.3. The van der Waals surface area contributed by atoms with Gasteiger partial charge in [0, 0.05) is 49.2 Å². The molecule has 0 spiro atoms. The molecule has 5 nitrogen and oxygen atoms in total. The summed E-state index contributed by atoms with van der Waals surface area (Å²) < 4.78 is 1.81. The molecule has 4 heterocycles. The second-order valence-corrected chi connectivity index (χ2v) is 7.85. The van der Waals surface area contributed by atoms with E-state index in [-0.39, 0.29) is 0 Å². The first-order valence-corrected chi connectivity index (χ1v) is 10.3. The molecule has 1 unspecified atom stereocenters. The molecular weight excluding hydrogens is 358 g/mol. The van der Waals surface area contributed by atoms with Crippen molar-refractivity contribution >= 4 is 10.9 Å². The number of hydrogen-bond donors (Lipinski definition) is 0. The van der Waals surface area contributed by atoms with Gasteiger partial charge in [0.25, 0.3) is 0 Å². The summed E-state index contributed by atoms with van der Waals surface area (Å²) in [6, 6.07) is 15.4. The highest BCUT2D eigenvalue weighted by atomic mass is 15.2. The van der Waals surface area contributed by atoms with Gasteiger partial charge in [0.15, 0.2) is 0 Å². The van der Waals surface area contributed by atoms with E-state index in [9.17, 15) is 0 Å². The van der Waals surface area contributed by atoms with Crippen molar-refractivity contribution in [2.75, 3.05) is 6.54 Å². The van der Waals surface area contributed by atoms with Crippen molar-refractivity contribution < 1.29 is 0 Å². The zero-order valence-corrected chi connectivity index (χ0v) is 16.7. The molecule has 3 aromatic heterocycles. The predicted molar refractivity (Wildman–Crippen MR) is 115 cm³/mol. The van der Waals surface area contributed by atoms with Gasteiger partial charge in [-0.15, -0.1) is 0 Å². The molecule has 0 radical (unpaired) electrons. The van der Waals surface area contributed by atoms with E-state index in [1.165, 1.54) is 35.8 Å². The molecule has 1 saturated heterocycles. The molecule has 1 aliphatic rings. The second kappa shape index (κ2) is 7.76. The summed E-state index contributed by atoms with van der Waals surface area (Å²) >= 11 is 0. The Kier molecular flexibility index (Phi) is 4.82. The third kappa shape index (κ3) is 3.66. The third-order valence-corrected chi connectivity index (χ3v) is 5.90. The van der Waals surface area contributed by atoms with Crippen LogP contribution in [0.3, 0.4) is 0 Å². The molecule has 1 aromatic carbocycles. The van der Waals surface area contributed by atoms with E-state index < -0.39 is 0 Å². The van der Waals surface area contributed by atoms with Crippen LogP contribution in [0.4, 0.5) is 0 Å². The van der Waals surface area contributed by atoms with Crippen molar-refractivity contribution in [3.05, 3.63) is 78.4 Å². The first kappa shape index (κ1) is 18.0. The number of fused-ring (bicyclic) bond motifs is 1. The fraction of sp³-hybridized carbons (Fsp3) is 0.292. The summed E-state index contributed by atoms with van der Waals surface area (Å²) in [6.07, 6.45) is 11.5. The Morgan fingerprint density at radius 2 is 1.93 bits per heavy atom. The summed E-state index contributed by atoms with van der Waals surface area (Å²) in [5, 5.41) is 5.51. The fourth-order valence-electron chi connectivity index (χ4n) is 4.40. The molecule has 146 valence electrons. The normalized spacial score (nSPS) is 17.6. The van der Waals surface area contributed by atoms with Crippen LogP contribution in [0.25, 0.3) is 22.2 Å². The van der Waals surface area contributed by atoms with E-state index >= 15 is 0 Å². The average molecular weight is 383 g/mol. The van der Waals surface area contributed by atoms with Crippen LogP contribution in [-0.2, 0) is 13.6 Å². The summed E-state index contributed by atoms with van der Waals surface area (Å²) in [5.41, 5.74) is 5.76. The van der Waals surface area contributed by atoms with Crippen LogP contribution < -0.4 is 0 Å². The number of nitrogens with zero attached hydrogens (tertiary/aromatic N) is 5. The van der Waals surface area contributed by atoms with Crippen LogP contribution in [0.15, 0.2) is 67.3 Å². The van der Waals surface area contributed by atoms with Crippen molar-refractivity contribution in [2.45, 2.75) is 31.8 Å². The van der Waals surface area contributed by atoms with Gasteiger partial charge in [-0.05, 0) is 48.7 Å². The van der Waals surface area contributed by atoms with Crippen molar-refractivity contribution in [3.63, 3.8) is 0 Å². The average Bonchev–Trinajstić information content (AvgIpc) is 3.21. The number of pyridine rings is 2. The lowest BCUT2D eigenvalue weighted by atomic mass is 9.95. The van der Waals surface area contributed by atoms with Gasteiger partial charge in [0.1, 0.15) is 0 Å².